The minimum atomic E-state index is 0.567. The van der Waals surface area contributed by atoms with Gasteiger partial charge in [0.1, 0.15) is 11.0 Å². The lowest BCUT2D eigenvalue weighted by Gasteiger charge is -2.11. The summed E-state index contributed by atoms with van der Waals surface area (Å²) in [6, 6.07) is 60.5. The SMILES string of the molecule is c1ccc(-c2nc(-c3ccccc3)nc(-n3c4ccccc4c4cc(-c5ccc6c(c5)c5ccccc5n6-c5cncc(-c6ccc7oc8cccnc8c7n6)c5)ccc43)n2)cc1. The Morgan fingerprint density at radius 1 is 0.381 bits per heavy atom. The van der Waals surface area contributed by atoms with Crippen molar-refractivity contribution in [2.45, 2.75) is 0 Å². The monoisotopic (exact) mass is 808 g/mol. The minimum absolute atomic E-state index is 0.567. The van der Waals surface area contributed by atoms with Gasteiger partial charge in [-0.1, -0.05) is 109 Å². The molecule has 13 aromatic rings. The highest BCUT2D eigenvalue weighted by Gasteiger charge is 2.20. The highest BCUT2D eigenvalue weighted by molar-refractivity contribution is 6.12. The average molecular weight is 809 g/mol. The van der Waals surface area contributed by atoms with E-state index in [1.165, 1.54) is 0 Å². The third kappa shape index (κ3) is 5.64. The van der Waals surface area contributed by atoms with E-state index in [1.54, 1.807) is 6.20 Å². The molecule has 0 atom stereocenters. The maximum absolute atomic E-state index is 6.01. The normalized spacial score (nSPS) is 11.8. The zero-order chi connectivity index (χ0) is 41.4. The van der Waals surface area contributed by atoms with Crippen molar-refractivity contribution in [3.63, 3.8) is 0 Å². The highest BCUT2D eigenvalue weighted by Crippen LogP contribution is 2.39. The van der Waals surface area contributed by atoms with Crippen LogP contribution in [0.25, 0.3) is 123 Å². The van der Waals surface area contributed by atoms with Crippen molar-refractivity contribution in [2.75, 3.05) is 0 Å². The Bertz CT molecular complexity index is 3870. The Labute approximate surface area is 359 Å². The fourth-order valence-electron chi connectivity index (χ4n) is 9.01. The number of para-hydroxylation sites is 2. The lowest BCUT2D eigenvalue weighted by Crippen LogP contribution is -2.06. The molecule has 9 nitrogen and oxygen atoms in total. The van der Waals surface area contributed by atoms with E-state index in [9.17, 15) is 0 Å². The van der Waals surface area contributed by atoms with Gasteiger partial charge < -0.3 is 8.98 Å². The van der Waals surface area contributed by atoms with E-state index >= 15 is 0 Å². The van der Waals surface area contributed by atoms with Crippen molar-refractivity contribution in [3.05, 3.63) is 195 Å². The molecule has 0 amide bonds. The summed E-state index contributed by atoms with van der Waals surface area (Å²) in [5, 5.41) is 4.54. The van der Waals surface area contributed by atoms with Crippen molar-refractivity contribution in [3.8, 4) is 56.8 Å². The molecule has 0 fully saturated rings. The number of fused-ring (bicyclic) bond motifs is 9. The molecular formula is C54H32N8O. The fraction of sp³-hybridized carbons (Fsp3) is 0. The number of aromatic nitrogens is 8. The van der Waals surface area contributed by atoms with E-state index in [0.717, 1.165) is 99.4 Å². The first-order valence-electron chi connectivity index (χ1n) is 20.8. The molecule has 0 aliphatic carbocycles. The van der Waals surface area contributed by atoms with Crippen LogP contribution in [-0.2, 0) is 0 Å². The van der Waals surface area contributed by atoms with E-state index in [1.807, 2.05) is 97.3 Å². The van der Waals surface area contributed by atoms with Crippen LogP contribution in [0.2, 0.25) is 0 Å². The van der Waals surface area contributed by atoms with Crippen LogP contribution in [0.15, 0.2) is 199 Å². The maximum Gasteiger partial charge on any atom is 0.238 e. The predicted molar refractivity (Wildman–Crippen MR) is 251 cm³/mol. The summed E-state index contributed by atoms with van der Waals surface area (Å²) in [4.78, 5) is 29.4. The average Bonchev–Trinajstić information content (AvgIpc) is 4.01. The van der Waals surface area contributed by atoms with Crippen molar-refractivity contribution in [2.24, 2.45) is 0 Å². The number of nitrogens with zero attached hydrogens (tertiary/aromatic N) is 8. The lowest BCUT2D eigenvalue weighted by atomic mass is 10.0. The molecule has 0 N–H and O–H groups in total. The third-order valence-electron chi connectivity index (χ3n) is 11.9. The van der Waals surface area contributed by atoms with Gasteiger partial charge >= 0.3 is 0 Å². The van der Waals surface area contributed by atoms with E-state index < -0.39 is 0 Å². The summed E-state index contributed by atoms with van der Waals surface area (Å²) < 4.78 is 10.5. The largest absolute Gasteiger partial charge is 0.453 e. The minimum Gasteiger partial charge on any atom is -0.453 e. The first kappa shape index (κ1) is 35.0. The Kier molecular flexibility index (Phi) is 7.70. The number of hydrogen-bond donors (Lipinski definition) is 0. The van der Waals surface area contributed by atoms with Crippen LogP contribution in [0.1, 0.15) is 0 Å². The smallest absolute Gasteiger partial charge is 0.238 e. The first-order chi connectivity index (χ1) is 31.2. The van der Waals surface area contributed by atoms with E-state index in [0.29, 0.717) is 23.2 Å². The number of pyridine rings is 3. The van der Waals surface area contributed by atoms with Crippen LogP contribution in [0, 0.1) is 0 Å². The second-order valence-electron chi connectivity index (χ2n) is 15.6. The number of hydrogen-bond acceptors (Lipinski definition) is 7. The van der Waals surface area contributed by atoms with E-state index in [-0.39, 0.29) is 0 Å². The molecular weight excluding hydrogens is 777 g/mol. The molecule has 6 aromatic carbocycles. The van der Waals surface area contributed by atoms with Gasteiger partial charge in [-0.15, -0.1) is 0 Å². The van der Waals surface area contributed by atoms with Crippen LogP contribution < -0.4 is 0 Å². The molecule has 63 heavy (non-hydrogen) atoms. The van der Waals surface area contributed by atoms with Gasteiger partial charge in [-0.05, 0) is 77.9 Å². The molecule has 0 radical (unpaired) electrons. The van der Waals surface area contributed by atoms with E-state index in [2.05, 4.69) is 105 Å². The molecule has 0 aliphatic rings. The highest BCUT2D eigenvalue weighted by atomic mass is 16.3. The molecule has 0 aliphatic heterocycles. The van der Waals surface area contributed by atoms with Crippen LogP contribution >= 0.6 is 0 Å². The molecule has 0 bridgehead atoms. The summed E-state index contributed by atoms with van der Waals surface area (Å²) in [5.41, 5.74) is 13.9. The number of furan rings is 1. The van der Waals surface area contributed by atoms with Crippen LogP contribution in [0.4, 0.5) is 0 Å². The fourth-order valence-corrected chi connectivity index (χ4v) is 9.01. The van der Waals surface area contributed by atoms with Crippen molar-refractivity contribution >= 4 is 65.8 Å². The molecule has 0 spiro atoms. The van der Waals surface area contributed by atoms with Crippen molar-refractivity contribution < 1.29 is 4.42 Å². The van der Waals surface area contributed by atoms with Gasteiger partial charge in [-0.2, -0.15) is 9.97 Å². The van der Waals surface area contributed by atoms with Gasteiger partial charge in [0.15, 0.2) is 22.8 Å². The second-order valence-corrected chi connectivity index (χ2v) is 15.6. The zero-order valence-corrected chi connectivity index (χ0v) is 33.5. The summed E-state index contributed by atoms with van der Waals surface area (Å²) in [6.45, 7) is 0. The summed E-state index contributed by atoms with van der Waals surface area (Å²) in [7, 11) is 0. The quantitative estimate of drug-likeness (QED) is 0.165. The Balaban J connectivity index is 0.938. The van der Waals surface area contributed by atoms with Gasteiger partial charge in [0.2, 0.25) is 5.95 Å². The second kappa shape index (κ2) is 13.9. The summed E-state index contributed by atoms with van der Waals surface area (Å²) >= 11 is 0. The first-order valence-corrected chi connectivity index (χ1v) is 20.8. The van der Waals surface area contributed by atoms with Gasteiger partial charge in [-0.25, -0.2) is 9.97 Å². The third-order valence-corrected chi connectivity index (χ3v) is 11.9. The maximum atomic E-state index is 6.01. The molecule has 7 heterocycles. The zero-order valence-electron chi connectivity index (χ0n) is 33.5. The van der Waals surface area contributed by atoms with Crippen LogP contribution in [0.5, 0.6) is 0 Å². The van der Waals surface area contributed by atoms with Crippen LogP contribution in [-0.4, -0.2) is 39.0 Å². The van der Waals surface area contributed by atoms with Gasteiger partial charge in [0, 0.05) is 50.6 Å². The van der Waals surface area contributed by atoms with Gasteiger partial charge in [0.25, 0.3) is 0 Å². The molecule has 0 saturated carbocycles. The molecule has 7 aromatic heterocycles. The standard InChI is InChI=1S/C54H32N8O/c1-3-12-33(13-4-1)52-58-53(34-14-5-2-6-15-34)60-54(59-52)62-45-19-10-8-17-40(45)42-30-36(22-25-47(42)62)35-21-24-46-41(29-35)39-16-7-9-18-44(39)61(46)38-28-37(31-55-32-38)43-23-26-49-51(57-43)50-48(63-49)20-11-27-56-50/h1-32H. The number of benzene rings is 6. The van der Waals surface area contributed by atoms with E-state index in [4.69, 9.17) is 29.3 Å². The van der Waals surface area contributed by atoms with Crippen LogP contribution in [0.3, 0.4) is 0 Å². The molecule has 0 unspecified atom stereocenters. The number of rotatable bonds is 6. The Morgan fingerprint density at radius 2 is 0.968 bits per heavy atom. The molecule has 9 heteroatoms. The molecule has 13 rings (SSSR count). The summed E-state index contributed by atoms with van der Waals surface area (Å²) in [5.74, 6) is 1.81. The van der Waals surface area contributed by atoms with Gasteiger partial charge in [0.05, 0.1) is 39.6 Å². The predicted octanol–water partition coefficient (Wildman–Crippen LogP) is 12.8. The Hall–Kier alpha value is -8.82. The van der Waals surface area contributed by atoms with Crippen molar-refractivity contribution in [1.82, 2.24) is 39.0 Å². The molecule has 294 valence electrons. The summed E-state index contributed by atoms with van der Waals surface area (Å²) in [6.07, 6.45) is 5.54. The van der Waals surface area contributed by atoms with Gasteiger partial charge in [-0.3, -0.25) is 14.5 Å². The Morgan fingerprint density at radius 3 is 1.65 bits per heavy atom. The molecule has 0 saturated heterocycles. The topological polar surface area (TPSA) is 100 Å². The lowest BCUT2D eigenvalue weighted by molar-refractivity contribution is 0.667. The van der Waals surface area contributed by atoms with Crippen molar-refractivity contribution in [1.29, 1.82) is 0 Å².